The lowest BCUT2D eigenvalue weighted by Gasteiger charge is -2.13. The number of aromatic hydroxyl groups is 1. The zero-order valence-electron chi connectivity index (χ0n) is 16.3. The largest absolute Gasteiger partial charge is 0.504 e. The number of nitrogens with two attached hydrogens (primary N) is 2. The van der Waals surface area contributed by atoms with Crippen molar-refractivity contribution in [2.45, 2.75) is 43.4 Å². The molecule has 0 spiro atoms. The third kappa shape index (κ3) is 4.46. The summed E-state index contributed by atoms with van der Waals surface area (Å²) in [5.41, 5.74) is 12.0. The molecule has 1 saturated heterocycles. The molecule has 0 unspecified atom stereocenters. The normalized spacial score (nSPS) is 17.7. The van der Waals surface area contributed by atoms with Crippen LogP contribution in [0.2, 0.25) is 0 Å². The summed E-state index contributed by atoms with van der Waals surface area (Å²) >= 11 is 0.904. The van der Waals surface area contributed by atoms with Gasteiger partial charge in [0.25, 0.3) is 10.0 Å². The summed E-state index contributed by atoms with van der Waals surface area (Å²) in [5.74, 6) is 0.888. The van der Waals surface area contributed by atoms with Gasteiger partial charge < -0.3 is 21.0 Å². The van der Waals surface area contributed by atoms with E-state index in [-0.39, 0.29) is 27.6 Å². The van der Waals surface area contributed by atoms with E-state index in [4.69, 9.17) is 15.9 Å². The van der Waals surface area contributed by atoms with Crippen molar-refractivity contribution in [3.8, 4) is 5.75 Å². The van der Waals surface area contributed by atoms with Crippen LogP contribution >= 0.6 is 11.3 Å². The first kappa shape index (κ1) is 21.3. The predicted octanol–water partition coefficient (Wildman–Crippen LogP) is 2.64. The van der Waals surface area contributed by atoms with Gasteiger partial charge in [0.1, 0.15) is 23.2 Å². The Balaban J connectivity index is 1.85. The fourth-order valence-corrected chi connectivity index (χ4v) is 5.91. The summed E-state index contributed by atoms with van der Waals surface area (Å²) in [7, 11) is -3.74. The predicted molar refractivity (Wildman–Crippen MR) is 113 cm³/mol. The molecule has 3 heterocycles. The molecule has 1 fully saturated rings. The van der Waals surface area contributed by atoms with Crippen LogP contribution in [0.3, 0.4) is 0 Å². The van der Waals surface area contributed by atoms with Gasteiger partial charge in [-0.3, -0.25) is 4.99 Å². The second-order valence-electron chi connectivity index (χ2n) is 6.75. The molecule has 1 aliphatic rings. The Bertz CT molecular complexity index is 1030. The Morgan fingerprint density at radius 2 is 2.00 bits per heavy atom. The molecule has 5 N–H and O–H groups in total. The summed E-state index contributed by atoms with van der Waals surface area (Å²) in [6, 6.07) is 3.35. The number of hydrogen-bond donors (Lipinski definition) is 3. The van der Waals surface area contributed by atoms with Crippen LogP contribution in [0.15, 0.2) is 36.1 Å². The van der Waals surface area contributed by atoms with Gasteiger partial charge in [0.2, 0.25) is 0 Å². The minimum Gasteiger partial charge on any atom is -0.504 e. The van der Waals surface area contributed by atoms with Gasteiger partial charge in [-0.25, -0.2) is 13.4 Å². The summed E-state index contributed by atoms with van der Waals surface area (Å²) < 4.78 is 32.2. The van der Waals surface area contributed by atoms with Gasteiger partial charge in [-0.2, -0.15) is 4.31 Å². The highest BCUT2D eigenvalue weighted by Crippen LogP contribution is 2.41. The third-order valence-corrected chi connectivity index (χ3v) is 8.00. The average molecular weight is 440 g/mol. The number of amidine groups is 2. The van der Waals surface area contributed by atoms with Crippen molar-refractivity contribution < 1.29 is 17.9 Å². The Labute approximate surface area is 173 Å². The van der Waals surface area contributed by atoms with E-state index >= 15 is 0 Å². The molecule has 11 heteroatoms. The van der Waals surface area contributed by atoms with Crippen LogP contribution in [0.4, 0.5) is 5.69 Å². The van der Waals surface area contributed by atoms with Crippen LogP contribution in [-0.2, 0) is 10.0 Å². The van der Waals surface area contributed by atoms with Crippen molar-refractivity contribution in [3.63, 3.8) is 0 Å². The Morgan fingerprint density at radius 3 is 2.59 bits per heavy atom. The van der Waals surface area contributed by atoms with Gasteiger partial charge in [0, 0.05) is 18.5 Å². The molecule has 0 bridgehead atoms. The fourth-order valence-electron chi connectivity index (χ4n) is 3.04. The lowest BCUT2D eigenvalue weighted by Crippen LogP contribution is -2.31. The molecule has 2 aromatic heterocycles. The molecule has 1 atom stereocenters. The second-order valence-corrected chi connectivity index (χ2v) is 9.76. The van der Waals surface area contributed by atoms with Crippen LogP contribution in [0, 0.1) is 6.92 Å². The van der Waals surface area contributed by atoms with Crippen molar-refractivity contribution in [1.82, 2.24) is 4.31 Å². The molecule has 9 nitrogen and oxygen atoms in total. The first-order valence-corrected chi connectivity index (χ1v) is 11.6. The number of rotatable bonds is 6. The number of hydrogen-bond acceptors (Lipinski definition) is 7. The van der Waals surface area contributed by atoms with E-state index in [1.165, 1.54) is 9.69 Å². The number of sulfonamides is 1. The van der Waals surface area contributed by atoms with Crippen molar-refractivity contribution >= 4 is 38.7 Å². The fraction of sp³-hybridized carbons (Fsp3) is 0.444. The minimum atomic E-state index is -3.74. The first-order chi connectivity index (χ1) is 13.7. The lowest BCUT2D eigenvalue weighted by molar-refractivity contribution is 0.442. The van der Waals surface area contributed by atoms with E-state index in [2.05, 4.69) is 9.98 Å². The van der Waals surface area contributed by atoms with Crippen molar-refractivity contribution in [2.75, 3.05) is 13.1 Å². The second kappa shape index (κ2) is 8.56. The van der Waals surface area contributed by atoms with Gasteiger partial charge in [0.05, 0.1) is 0 Å². The summed E-state index contributed by atoms with van der Waals surface area (Å²) in [6.45, 7) is 4.68. The van der Waals surface area contributed by atoms with Crippen molar-refractivity contribution in [2.24, 2.45) is 21.5 Å². The number of aliphatic imine (C=N–C) groups is 2. The summed E-state index contributed by atoms with van der Waals surface area (Å²) in [6.07, 6.45) is 2.26. The Hall–Kier alpha value is -2.37. The van der Waals surface area contributed by atoms with Gasteiger partial charge >= 0.3 is 0 Å². The maximum Gasteiger partial charge on any atom is 0.256 e. The van der Waals surface area contributed by atoms with Crippen LogP contribution < -0.4 is 11.5 Å². The first-order valence-electron chi connectivity index (χ1n) is 9.28. The monoisotopic (exact) mass is 439 g/mol. The minimum absolute atomic E-state index is 0.0135. The molecular weight excluding hydrogens is 414 g/mol. The maximum atomic E-state index is 12.7. The van der Waals surface area contributed by atoms with E-state index in [1.54, 1.807) is 0 Å². The molecule has 0 aliphatic carbocycles. The molecule has 0 saturated carbocycles. The molecule has 1 aliphatic heterocycles. The third-order valence-electron chi connectivity index (χ3n) is 4.63. The van der Waals surface area contributed by atoms with Crippen molar-refractivity contribution in [3.05, 3.63) is 29.0 Å². The number of thiophene rings is 1. The highest BCUT2D eigenvalue weighted by molar-refractivity contribution is 7.91. The van der Waals surface area contributed by atoms with Gasteiger partial charge in [0.15, 0.2) is 21.6 Å². The smallest absolute Gasteiger partial charge is 0.256 e. The van der Waals surface area contributed by atoms with E-state index in [9.17, 15) is 13.5 Å². The molecule has 0 amide bonds. The molecule has 2 aromatic rings. The molecular formula is C18H25N5O4S2. The maximum absolute atomic E-state index is 12.7. The number of furan rings is 1. The zero-order chi connectivity index (χ0) is 21.2. The molecule has 29 heavy (non-hydrogen) atoms. The van der Waals surface area contributed by atoms with Gasteiger partial charge in [-0.15, -0.1) is 11.3 Å². The van der Waals surface area contributed by atoms with E-state index in [0.29, 0.717) is 25.3 Å². The molecule has 158 valence electrons. The average Bonchev–Trinajstić information content (AvgIpc) is 3.42. The highest BCUT2D eigenvalue weighted by atomic mass is 32.2. The summed E-state index contributed by atoms with van der Waals surface area (Å²) in [5, 5.41) is 11.8. The van der Waals surface area contributed by atoms with Crippen LogP contribution in [0.5, 0.6) is 5.75 Å². The molecule has 0 aromatic carbocycles. The SMILES string of the molecule is CC[C@@H](N=C(N)C(N)=Nc1csc(S(=O)(=O)N2CCCC2)c1O)c1ccc(C)o1. The van der Waals surface area contributed by atoms with E-state index in [0.717, 1.165) is 29.9 Å². The van der Waals surface area contributed by atoms with Crippen LogP contribution in [0.25, 0.3) is 0 Å². The Kier molecular flexibility index (Phi) is 6.30. The standard InChI is InChI=1S/C18H25N5O4S2/c1-3-12(14-7-6-11(2)27-14)21-16(19)17(20)22-13-10-28-18(15(13)24)29(25,26)23-8-4-5-9-23/h6-7,10,12,24H,3-5,8-9H2,1-2H3,(H2,19,21)(H2,20,22)/t12-/m1/s1. The van der Waals surface area contributed by atoms with E-state index < -0.39 is 15.8 Å². The van der Waals surface area contributed by atoms with Crippen LogP contribution in [0.1, 0.15) is 43.7 Å². The van der Waals surface area contributed by atoms with Crippen LogP contribution in [-0.4, -0.2) is 42.6 Å². The summed E-state index contributed by atoms with van der Waals surface area (Å²) in [4.78, 5) is 8.45. The zero-order valence-corrected chi connectivity index (χ0v) is 18.0. The lowest BCUT2D eigenvalue weighted by atomic mass is 10.2. The molecule has 0 radical (unpaired) electrons. The van der Waals surface area contributed by atoms with Crippen molar-refractivity contribution in [1.29, 1.82) is 0 Å². The number of aryl methyl sites for hydroxylation is 1. The molecule has 3 rings (SSSR count). The quantitative estimate of drug-likeness (QED) is 0.465. The highest BCUT2D eigenvalue weighted by Gasteiger charge is 2.32. The van der Waals surface area contributed by atoms with Gasteiger partial charge in [-0.1, -0.05) is 6.92 Å². The number of nitrogens with zero attached hydrogens (tertiary/aromatic N) is 3. The Morgan fingerprint density at radius 1 is 1.31 bits per heavy atom. The van der Waals surface area contributed by atoms with Gasteiger partial charge in [-0.05, 0) is 38.3 Å². The topological polar surface area (TPSA) is 148 Å². The van der Waals surface area contributed by atoms with E-state index in [1.807, 2.05) is 26.0 Å².